The van der Waals surface area contributed by atoms with Crippen molar-refractivity contribution >= 4 is 5.96 Å². The van der Waals surface area contributed by atoms with Crippen molar-refractivity contribution in [2.45, 2.75) is 38.8 Å². The van der Waals surface area contributed by atoms with E-state index < -0.39 is 0 Å². The third-order valence-electron chi connectivity index (χ3n) is 4.51. The average Bonchev–Trinajstić information content (AvgIpc) is 2.68. The zero-order valence-corrected chi connectivity index (χ0v) is 16.3. The van der Waals surface area contributed by atoms with E-state index in [0.717, 1.165) is 37.5 Å². The molecule has 2 rings (SSSR count). The van der Waals surface area contributed by atoms with Gasteiger partial charge in [0.1, 0.15) is 6.61 Å². The number of likely N-dealkylation sites (tertiary alicyclic amines) is 1. The molecule has 1 aromatic heterocycles. The number of ether oxygens (including phenoxy) is 2. The highest BCUT2D eigenvalue weighted by Crippen LogP contribution is 2.14. The molecule has 7 heteroatoms. The van der Waals surface area contributed by atoms with Gasteiger partial charge < -0.3 is 25.0 Å². The molecule has 2 heterocycles. The van der Waals surface area contributed by atoms with Crippen molar-refractivity contribution in [1.29, 1.82) is 0 Å². The minimum Gasteiger partial charge on any atom is -0.475 e. The number of pyridine rings is 1. The number of aromatic nitrogens is 1. The van der Waals surface area contributed by atoms with Gasteiger partial charge in [0, 0.05) is 51.6 Å². The van der Waals surface area contributed by atoms with Gasteiger partial charge in [0.2, 0.25) is 5.88 Å². The summed E-state index contributed by atoms with van der Waals surface area (Å²) >= 11 is 0. The predicted molar refractivity (Wildman–Crippen MR) is 105 cm³/mol. The fourth-order valence-corrected chi connectivity index (χ4v) is 3.09. The summed E-state index contributed by atoms with van der Waals surface area (Å²) in [7, 11) is 3.47. The summed E-state index contributed by atoms with van der Waals surface area (Å²) in [5.74, 6) is 1.46. The lowest BCUT2D eigenvalue weighted by Crippen LogP contribution is -2.48. The Balaban J connectivity index is 1.80. The minimum absolute atomic E-state index is 0.473. The van der Waals surface area contributed by atoms with E-state index in [0.29, 0.717) is 31.7 Å². The number of guanidine groups is 1. The highest BCUT2D eigenvalue weighted by molar-refractivity contribution is 5.80. The quantitative estimate of drug-likeness (QED) is 0.395. The number of hydrogen-bond acceptors (Lipinski definition) is 5. The van der Waals surface area contributed by atoms with E-state index in [2.05, 4.69) is 32.4 Å². The second-order valence-electron chi connectivity index (χ2n) is 6.49. The van der Waals surface area contributed by atoms with Crippen LogP contribution in [0.5, 0.6) is 5.88 Å². The van der Waals surface area contributed by atoms with Gasteiger partial charge >= 0.3 is 0 Å². The largest absolute Gasteiger partial charge is 0.475 e. The van der Waals surface area contributed by atoms with Crippen molar-refractivity contribution in [1.82, 2.24) is 20.5 Å². The maximum absolute atomic E-state index is 5.69. The Hall–Kier alpha value is -1.86. The molecular formula is C19H33N5O2. The summed E-state index contributed by atoms with van der Waals surface area (Å²) in [6.45, 7) is 7.40. The summed E-state index contributed by atoms with van der Waals surface area (Å²) in [4.78, 5) is 11.2. The molecular weight excluding hydrogens is 330 g/mol. The van der Waals surface area contributed by atoms with E-state index in [4.69, 9.17) is 9.47 Å². The zero-order chi connectivity index (χ0) is 18.6. The van der Waals surface area contributed by atoms with E-state index in [-0.39, 0.29) is 0 Å². The van der Waals surface area contributed by atoms with Gasteiger partial charge in [0.05, 0.1) is 6.61 Å². The molecule has 2 N–H and O–H groups in total. The first-order valence-electron chi connectivity index (χ1n) is 9.52. The lowest BCUT2D eigenvalue weighted by molar-refractivity contribution is 0.143. The van der Waals surface area contributed by atoms with Crippen LogP contribution in [0.2, 0.25) is 0 Å². The maximum atomic E-state index is 5.69. The topological polar surface area (TPSA) is 71.0 Å². The average molecular weight is 364 g/mol. The molecule has 1 aliphatic rings. The fourth-order valence-electron chi connectivity index (χ4n) is 3.09. The SMILES string of the molecule is CCCN1CCC(NC(=NC)NCc2cccnc2OCCOC)CC1. The van der Waals surface area contributed by atoms with E-state index in [1.165, 1.54) is 13.0 Å². The summed E-state index contributed by atoms with van der Waals surface area (Å²) in [5, 5.41) is 6.92. The van der Waals surface area contributed by atoms with Crippen LogP contribution in [0.25, 0.3) is 0 Å². The summed E-state index contributed by atoms with van der Waals surface area (Å²) in [5.41, 5.74) is 1.00. The molecule has 146 valence electrons. The zero-order valence-electron chi connectivity index (χ0n) is 16.3. The van der Waals surface area contributed by atoms with Crippen LogP contribution in [0.4, 0.5) is 0 Å². The number of nitrogens with one attached hydrogen (secondary N) is 2. The third kappa shape index (κ3) is 6.80. The van der Waals surface area contributed by atoms with Gasteiger partial charge in [0.25, 0.3) is 0 Å². The minimum atomic E-state index is 0.473. The van der Waals surface area contributed by atoms with E-state index in [1.807, 2.05) is 12.1 Å². The van der Waals surface area contributed by atoms with Gasteiger partial charge in [-0.05, 0) is 31.9 Å². The second-order valence-corrected chi connectivity index (χ2v) is 6.49. The Morgan fingerprint density at radius 1 is 1.35 bits per heavy atom. The molecule has 0 spiro atoms. The molecule has 0 amide bonds. The van der Waals surface area contributed by atoms with Crippen LogP contribution in [-0.4, -0.2) is 68.9 Å². The molecule has 0 atom stereocenters. The van der Waals surface area contributed by atoms with Gasteiger partial charge in [-0.1, -0.05) is 13.0 Å². The van der Waals surface area contributed by atoms with E-state index in [9.17, 15) is 0 Å². The van der Waals surface area contributed by atoms with E-state index >= 15 is 0 Å². The van der Waals surface area contributed by atoms with Crippen LogP contribution >= 0.6 is 0 Å². The van der Waals surface area contributed by atoms with Crippen LogP contribution in [-0.2, 0) is 11.3 Å². The van der Waals surface area contributed by atoms with Crippen molar-refractivity contribution in [3.05, 3.63) is 23.9 Å². The molecule has 0 radical (unpaired) electrons. The first kappa shape index (κ1) is 20.5. The van der Waals surface area contributed by atoms with Gasteiger partial charge in [-0.2, -0.15) is 0 Å². The fraction of sp³-hybridized carbons (Fsp3) is 0.684. The standard InChI is InChI=1S/C19H33N5O2/c1-4-10-24-11-7-17(8-12-24)23-19(20-2)22-15-16-6-5-9-21-18(16)26-14-13-25-3/h5-6,9,17H,4,7-8,10-15H2,1-3H3,(H2,20,22,23). The molecule has 0 saturated carbocycles. The van der Waals surface area contributed by atoms with Gasteiger partial charge in [-0.15, -0.1) is 0 Å². The third-order valence-corrected chi connectivity index (χ3v) is 4.51. The summed E-state index contributed by atoms with van der Waals surface area (Å²) < 4.78 is 10.7. The van der Waals surface area contributed by atoms with Crippen LogP contribution in [0.3, 0.4) is 0 Å². The summed E-state index contributed by atoms with van der Waals surface area (Å²) in [6.07, 6.45) is 5.27. The molecule has 0 unspecified atom stereocenters. The van der Waals surface area contributed by atoms with Crippen molar-refractivity contribution in [2.75, 3.05) is 47.0 Å². The lowest BCUT2D eigenvalue weighted by atomic mass is 10.1. The van der Waals surface area contributed by atoms with E-state index in [1.54, 1.807) is 20.4 Å². The molecule has 1 saturated heterocycles. The number of rotatable bonds is 9. The van der Waals surface area contributed by atoms with Crippen molar-refractivity contribution in [3.8, 4) is 5.88 Å². The van der Waals surface area contributed by atoms with Crippen LogP contribution in [0.1, 0.15) is 31.7 Å². The van der Waals surface area contributed by atoms with Crippen molar-refractivity contribution < 1.29 is 9.47 Å². The number of methoxy groups -OCH3 is 1. The van der Waals surface area contributed by atoms with Crippen molar-refractivity contribution in [2.24, 2.45) is 4.99 Å². The Kier molecular flexibility index (Phi) is 9.20. The van der Waals surface area contributed by atoms with Gasteiger partial charge in [-0.3, -0.25) is 4.99 Å². The molecule has 1 fully saturated rings. The lowest BCUT2D eigenvalue weighted by Gasteiger charge is -2.32. The highest BCUT2D eigenvalue weighted by Gasteiger charge is 2.19. The highest BCUT2D eigenvalue weighted by atomic mass is 16.5. The Bertz CT molecular complexity index is 544. The predicted octanol–water partition coefficient (Wildman–Crippen LogP) is 1.65. The van der Waals surface area contributed by atoms with Gasteiger partial charge in [-0.25, -0.2) is 4.98 Å². The van der Waals surface area contributed by atoms with Gasteiger partial charge in [0.15, 0.2) is 5.96 Å². The molecule has 0 aliphatic carbocycles. The second kappa shape index (κ2) is 11.7. The number of piperidine rings is 1. The van der Waals surface area contributed by atoms with Crippen LogP contribution in [0.15, 0.2) is 23.3 Å². The number of nitrogens with zero attached hydrogens (tertiary/aromatic N) is 3. The molecule has 26 heavy (non-hydrogen) atoms. The maximum Gasteiger partial charge on any atom is 0.218 e. The van der Waals surface area contributed by atoms with Crippen molar-refractivity contribution in [3.63, 3.8) is 0 Å². The first-order chi connectivity index (χ1) is 12.8. The molecule has 1 aromatic rings. The van der Waals surface area contributed by atoms with Crippen LogP contribution < -0.4 is 15.4 Å². The Morgan fingerprint density at radius 3 is 2.85 bits per heavy atom. The summed E-state index contributed by atoms with van der Waals surface area (Å²) in [6, 6.07) is 4.40. The number of aliphatic imine (C=N–C) groups is 1. The van der Waals surface area contributed by atoms with Crippen LogP contribution in [0, 0.1) is 0 Å². The smallest absolute Gasteiger partial charge is 0.218 e. The monoisotopic (exact) mass is 363 g/mol. The number of hydrogen-bond donors (Lipinski definition) is 2. The first-order valence-corrected chi connectivity index (χ1v) is 9.52. The molecule has 7 nitrogen and oxygen atoms in total. The normalized spacial score (nSPS) is 16.5. The Morgan fingerprint density at radius 2 is 2.15 bits per heavy atom. The Labute approximate surface area is 157 Å². The molecule has 1 aliphatic heterocycles. The molecule has 0 bridgehead atoms. The molecule has 0 aromatic carbocycles.